The maximum atomic E-state index is 11.9. The van der Waals surface area contributed by atoms with E-state index in [1.807, 2.05) is 22.6 Å². The van der Waals surface area contributed by atoms with Gasteiger partial charge in [-0.25, -0.2) is 0 Å². The smallest absolute Gasteiger partial charge is 0.270 e. The molecule has 1 rings (SSSR count). The third-order valence-corrected chi connectivity index (χ3v) is 3.35. The second kappa shape index (κ2) is 6.67. The zero-order valence-electron chi connectivity index (χ0n) is 10.3. The second-order valence-electron chi connectivity index (χ2n) is 4.36. The molecule has 0 spiro atoms. The molecule has 0 aliphatic heterocycles. The number of nitrogens with zero attached hydrogens (tertiary/aromatic N) is 1. The fourth-order valence-electron chi connectivity index (χ4n) is 1.37. The highest BCUT2D eigenvalue weighted by Crippen LogP contribution is 2.19. The van der Waals surface area contributed by atoms with Gasteiger partial charge in [0.25, 0.3) is 11.6 Å². The molecule has 98 valence electrons. The van der Waals surface area contributed by atoms with Gasteiger partial charge >= 0.3 is 0 Å². The summed E-state index contributed by atoms with van der Waals surface area (Å²) in [5, 5.41) is 13.4. The molecule has 0 heterocycles. The molecule has 0 unspecified atom stereocenters. The number of hydrogen-bond donors (Lipinski definition) is 1. The van der Waals surface area contributed by atoms with Gasteiger partial charge in [0.2, 0.25) is 0 Å². The van der Waals surface area contributed by atoms with Crippen LogP contribution in [0.4, 0.5) is 5.69 Å². The molecule has 6 heteroatoms. The molecule has 1 aromatic rings. The van der Waals surface area contributed by atoms with E-state index < -0.39 is 4.92 Å². The van der Waals surface area contributed by atoms with Crippen LogP contribution >= 0.6 is 22.6 Å². The lowest BCUT2D eigenvalue weighted by Crippen LogP contribution is -2.26. The minimum absolute atomic E-state index is 0.0653. The van der Waals surface area contributed by atoms with Crippen LogP contribution in [0.25, 0.3) is 0 Å². The average Bonchev–Trinajstić information content (AvgIpc) is 2.28. The molecule has 0 saturated heterocycles. The van der Waals surface area contributed by atoms with Gasteiger partial charge in [-0.05, 0) is 41.0 Å². The highest BCUT2D eigenvalue weighted by molar-refractivity contribution is 14.1. The van der Waals surface area contributed by atoms with Crippen molar-refractivity contribution in [3.05, 3.63) is 37.4 Å². The van der Waals surface area contributed by atoms with Crippen LogP contribution in [0.3, 0.4) is 0 Å². The van der Waals surface area contributed by atoms with E-state index in [9.17, 15) is 14.9 Å². The lowest BCUT2D eigenvalue weighted by atomic mass is 10.1. The molecule has 0 fully saturated rings. The average molecular weight is 362 g/mol. The van der Waals surface area contributed by atoms with Crippen LogP contribution in [-0.2, 0) is 0 Å². The summed E-state index contributed by atoms with van der Waals surface area (Å²) in [6.07, 6.45) is 0.886. The van der Waals surface area contributed by atoms with Crippen molar-refractivity contribution in [2.24, 2.45) is 5.92 Å². The molecule has 1 aromatic carbocycles. The number of carbonyl (C=O) groups excluding carboxylic acids is 1. The number of amides is 1. The fourth-order valence-corrected chi connectivity index (χ4v) is 1.95. The molecule has 0 saturated carbocycles. The number of non-ortho nitro benzene ring substituents is 1. The molecule has 0 atom stereocenters. The number of hydrogen-bond acceptors (Lipinski definition) is 3. The standard InChI is InChI=1S/C12H15IN2O3/c1-8(2)5-6-14-12(16)10-7-9(15(17)18)3-4-11(10)13/h3-4,7-8H,5-6H2,1-2H3,(H,14,16). The van der Waals surface area contributed by atoms with Crippen molar-refractivity contribution in [2.45, 2.75) is 20.3 Å². The summed E-state index contributed by atoms with van der Waals surface area (Å²) in [7, 11) is 0. The molecular formula is C12H15IN2O3. The lowest BCUT2D eigenvalue weighted by Gasteiger charge is -2.08. The Balaban J connectivity index is 2.78. The molecule has 0 aromatic heterocycles. The van der Waals surface area contributed by atoms with E-state index in [-0.39, 0.29) is 11.6 Å². The van der Waals surface area contributed by atoms with Crippen LogP contribution < -0.4 is 5.32 Å². The van der Waals surface area contributed by atoms with Crippen molar-refractivity contribution < 1.29 is 9.72 Å². The summed E-state index contributed by atoms with van der Waals surface area (Å²) in [4.78, 5) is 22.0. The third kappa shape index (κ3) is 4.25. The van der Waals surface area contributed by atoms with Gasteiger partial charge < -0.3 is 5.32 Å². The van der Waals surface area contributed by atoms with Gasteiger partial charge in [-0.15, -0.1) is 0 Å². The van der Waals surface area contributed by atoms with E-state index in [4.69, 9.17) is 0 Å². The van der Waals surface area contributed by atoms with E-state index in [0.717, 1.165) is 6.42 Å². The Kier molecular flexibility index (Phi) is 5.52. The van der Waals surface area contributed by atoms with Gasteiger partial charge in [-0.3, -0.25) is 14.9 Å². The van der Waals surface area contributed by atoms with E-state index in [0.29, 0.717) is 21.6 Å². The van der Waals surface area contributed by atoms with E-state index in [1.165, 1.54) is 12.1 Å². The number of nitro groups is 1. The molecule has 0 aliphatic carbocycles. The van der Waals surface area contributed by atoms with Gasteiger partial charge in [0.1, 0.15) is 0 Å². The van der Waals surface area contributed by atoms with Crippen LogP contribution in [0.1, 0.15) is 30.6 Å². The number of nitro benzene ring substituents is 1. The quantitative estimate of drug-likeness (QED) is 0.497. The predicted molar refractivity (Wildman–Crippen MR) is 77.6 cm³/mol. The number of benzene rings is 1. The Bertz CT molecular complexity index is 461. The monoisotopic (exact) mass is 362 g/mol. The van der Waals surface area contributed by atoms with Gasteiger partial charge in [0, 0.05) is 22.2 Å². The Morgan fingerprint density at radius 1 is 1.50 bits per heavy atom. The number of halogens is 1. The van der Waals surface area contributed by atoms with Crippen molar-refractivity contribution in [2.75, 3.05) is 6.54 Å². The molecule has 0 radical (unpaired) electrons. The first-order valence-electron chi connectivity index (χ1n) is 5.64. The summed E-state index contributed by atoms with van der Waals surface area (Å²) in [6, 6.07) is 4.29. The third-order valence-electron chi connectivity index (χ3n) is 2.41. The predicted octanol–water partition coefficient (Wildman–Crippen LogP) is 2.98. The summed E-state index contributed by atoms with van der Waals surface area (Å²) < 4.78 is 0.709. The van der Waals surface area contributed by atoms with Crippen molar-refractivity contribution in [1.29, 1.82) is 0 Å². The van der Waals surface area contributed by atoms with Gasteiger partial charge in [-0.2, -0.15) is 0 Å². The fraction of sp³-hybridized carbons (Fsp3) is 0.417. The first-order valence-corrected chi connectivity index (χ1v) is 6.72. The lowest BCUT2D eigenvalue weighted by molar-refractivity contribution is -0.384. The van der Waals surface area contributed by atoms with Crippen LogP contribution in [0, 0.1) is 19.6 Å². The largest absolute Gasteiger partial charge is 0.352 e. The summed E-state index contributed by atoms with van der Waals surface area (Å²) in [5.41, 5.74) is 0.290. The molecule has 18 heavy (non-hydrogen) atoms. The van der Waals surface area contributed by atoms with Crippen molar-refractivity contribution in [3.63, 3.8) is 0 Å². The minimum Gasteiger partial charge on any atom is -0.352 e. The Morgan fingerprint density at radius 2 is 2.17 bits per heavy atom. The zero-order chi connectivity index (χ0) is 13.7. The second-order valence-corrected chi connectivity index (χ2v) is 5.52. The summed E-state index contributed by atoms with van der Waals surface area (Å²) in [5.74, 6) is 0.248. The van der Waals surface area contributed by atoms with Crippen LogP contribution in [0.2, 0.25) is 0 Å². The van der Waals surface area contributed by atoms with Crippen LogP contribution in [0.5, 0.6) is 0 Å². The Morgan fingerprint density at radius 3 is 2.72 bits per heavy atom. The number of rotatable bonds is 5. The SMILES string of the molecule is CC(C)CCNC(=O)c1cc([N+](=O)[O-])ccc1I. The number of nitrogens with one attached hydrogen (secondary N) is 1. The normalized spacial score (nSPS) is 10.4. The van der Waals surface area contributed by atoms with Crippen LogP contribution in [0.15, 0.2) is 18.2 Å². The van der Waals surface area contributed by atoms with E-state index >= 15 is 0 Å². The van der Waals surface area contributed by atoms with Crippen molar-refractivity contribution in [1.82, 2.24) is 5.32 Å². The van der Waals surface area contributed by atoms with Gasteiger partial charge in [-0.1, -0.05) is 13.8 Å². The van der Waals surface area contributed by atoms with Gasteiger partial charge in [0.15, 0.2) is 0 Å². The van der Waals surface area contributed by atoms with Crippen molar-refractivity contribution in [3.8, 4) is 0 Å². The van der Waals surface area contributed by atoms with E-state index in [1.54, 1.807) is 6.07 Å². The highest BCUT2D eigenvalue weighted by Gasteiger charge is 2.15. The maximum Gasteiger partial charge on any atom is 0.270 e. The Labute approximate surface area is 119 Å². The molecule has 0 aliphatic rings. The van der Waals surface area contributed by atoms with Gasteiger partial charge in [0.05, 0.1) is 10.5 Å². The topological polar surface area (TPSA) is 72.2 Å². The molecular weight excluding hydrogens is 347 g/mol. The molecule has 5 nitrogen and oxygen atoms in total. The van der Waals surface area contributed by atoms with E-state index in [2.05, 4.69) is 19.2 Å². The molecule has 1 amide bonds. The Hall–Kier alpha value is -1.18. The summed E-state index contributed by atoms with van der Waals surface area (Å²) >= 11 is 2.00. The molecule has 1 N–H and O–H groups in total. The van der Waals surface area contributed by atoms with Crippen molar-refractivity contribution >= 4 is 34.2 Å². The zero-order valence-corrected chi connectivity index (χ0v) is 12.4. The molecule has 0 bridgehead atoms. The summed E-state index contributed by atoms with van der Waals surface area (Å²) in [6.45, 7) is 4.72. The minimum atomic E-state index is -0.499. The first kappa shape index (κ1) is 14.9. The highest BCUT2D eigenvalue weighted by atomic mass is 127. The first-order chi connectivity index (χ1) is 8.41. The number of carbonyl (C=O) groups is 1. The maximum absolute atomic E-state index is 11.9. The van der Waals surface area contributed by atoms with Crippen LogP contribution in [-0.4, -0.2) is 17.4 Å².